The minimum absolute atomic E-state index is 0.173. The van der Waals surface area contributed by atoms with Crippen LogP contribution >= 0.6 is 31.9 Å². The molecule has 1 N–H and O–H groups in total. The van der Waals surface area contributed by atoms with Crippen molar-refractivity contribution < 1.29 is 10.0 Å². The number of hydrogen-bond acceptors (Lipinski definition) is 3. The minimum Gasteiger partial charge on any atom is -0.288 e. The maximum absolute atomic E-state index is 11.9. The van der Waals surface area contributed by atoms with Gasteiger partial charge in [0, 0.05) is 16.3 Å². The van der Waals surface area contributed by atoms with E-state index < -0.39 is 0 Å². The Kier molecular flexibility index (Phi) is 4.16. The Labute approximate surface area is 121 Å². The molecule has 0 saturated heterocycles. The van der Waals surface area contributed by atoms with Crippen molar-refractivity contribution in [3.05, 3.63) is 63.2 Å². The van der Waals surface area contributed by atoms with E-state index in [4.69, 9.17) is 0 Å². The number of carbonyl (C=O) groups is 1. The van der Waals surface area contributed by atoms with Crippen LogP contribution in [-0.2, 0) is 4.79 Å². The Morgan fingerprint density at radius 2 is 1.78 bits per heavy atom. The molecule has 0 fully saturated rings. The van der Waals surface area contributed by atoms with E-state index in [-0.39, 0.29) is 5.78 Å². The lowest BCUT2D eigenvalue weighted by Crippen LogP contribution is -2.14. The number of rotatable bonds is 2. The van der Waals surface area contributed by atoms with Crippen molar-refractivity contribution in [3.8, 4) is 0 Å². The van der Waals surface area contributed by atoms with Crippen molar-refractivity contribution in [1.82, 2.24) is 0 Å². The van der Waals surface area contributed by atoms with Gasteiger partial charge in [-0.2, -0.15) is 0 Å². The lowest BCUT2D eigenvalue weighted by molar-refractivity contribution is -0.111. The van der Waals surface area contributed by atoms with Gasteiger partial charge >= 0.3 is 0 Å². The van der Waals surface area contributed by atoms with Crippen LogP contribution in [-0.4, -0.2) is 11.0 Å². The topological polar surface area (TPSA) is 40.5 Å². The van der Waals surface area contributed by atoms with Crippen LogP contribution in [0, 0.1) is 0 Å². The zero-order chi connectivity index (χ0) is 13.1. The third-order valence-electron chi connectivity index (χ3n) is 2.32. The van der Waals surface area contributed by atoms with Gasteiger partial charge in [0.05, 0.1) is 10.2 Å². The van der Waals surface area contributed by atoms with Gasteiger partial charge in [0.1, 0.15) is 0 Å². The molecule has 2 rings (SSSR count). The number of benzene rings is 1. The van der Waals surface area contributed by atoms with Crippen LogP contribution in [0.1, 0.15) is 0 Å². The Bertz CT molecular complexity index is 562. The van der Waals surface area contributed by atoms with Gasteiger partial charge in [-0.3, -0.25) is 10.0 Å². The van der Waals surface area contributed by atoms with E-state index in [1.165, 1.54) is 6.20 Å². The average molecular weight is 371 g/mol. The predicted octanol–water partition coefficient (Wildman–Crippen LogP) is 3.91. The maximum Gasteiger partial charge on any atom is 0.201 e. The second-order valence-electron chi connectivity index (χ2n) is 3.62. The summed E-state index contributed by atoms with van der Waals surface area (Å²) in [7, 11) is 0. The summed E-state index contributed by atoms with van der Waals surface area (Å²) >= 11 is 6.48. The number of para-hydroxylation sites is 1. The van der Waals surface area contributed by atoms with E-state index in [0.29, 0.717) is 15.7 Å². The number of nitrogens with zero attached hydrogens (tertiary/aromatic N) is 1. The van der Waals surface area contributed by atoms with Crippen LogP contribution in [0.3, 0.4) is 0 Å². The number of Topliss-reactive ketones (excluding diaryl/α,β-unsaturated/α-hetero) is 1. The normalized spacial score (nSPS) is 17.5. The molecule has 1 aliphatic rings. The molecule has 0 amide bonds. The number of hydrogen-bond donors (Lipinski definition) is 1. The van der Waals surface area contributed by atoms with Crippen LogP contribution in [0.15, 0.2) is 63.2 Å². The van der Waals surface area contributed by atoms with Crippen LogP contribution in [0.5, 0.6) is 0 Å². The monoisotopic (exact) mass is 369 g/mol. The van der Waals surface area contributed by atoms with Crippen molar-refractivity contribution in [1.29, 1.82) is 0 Å². The van der Waals surface area contributed by atoms with Crippen LogP contribution < -0.4 is 5.06 Å². The first-order valence-electron chi connectivity index (χ1n) is 5.12. The SMILES string of the molecule is O=C1C(Br)=CC(Br)=C/C1=C/N(O)c1ccccc1. The zero-order valence-corrected chi connectivity index (χ0v) is 12.3. The largest absolute Gasteiger partial charge is 0.288 e. The highest BCUT2D eigenvalue weighted by molar-refractivity contribution is 9.12. The molecule has 0 bridgehead atoms. The first-order valence-corrected chi connectivity index (χ1v) is 6.70. The van der Waals surface area contributed by atoms with Gasteiger partial charge in [-0.15, -0.1) is 0 Å². The molecule has 1 aliphatic carbocycles. The first-order chi connectivity index (χ1) is 8.58. The molecule has 0 aliphatic heterocycles. The molecular formula is C13H9Br2NO2. The zero-order valence-electron chi connectivity index (χ0n) is 9.18. The van der Waals surface area contributed by atoms with E-state index >= 15 is 0 Å². The van der Waals surface area contributed by atoms with Gasteiger partial charge in [-0.25, -0.2) is 5.06 Å². The molecule has 1 aromatic carbocycles. The molecule has 0 unspecified atom stereocenters. The van der Waals surface area contributed by atoms with Crippen molar-refractivity contribution in [2.24, 2.45) is 0 Å². The van der Waals surface area contributed by atoms with Crippen molar-refractivity contribution in [2.75, 3.05) is 5.06 Å². The fraction of sp³-hybridized carbons (Fsp3) is 0. The molecular weight excluding hydrogens is 362 g/mol. The summed E-state index contributed by atoms with van der Waals surface area (Å²) in [5, 5.41) is 10.8. The average Bonchev–Trinajstić information content (AvgIpc) is 2.36. The summed E-state index contributed by atoms with van der Waals surface area (Å²) in [6.07, 6.45) is 4.70. The van der Waals surface area contributed by atoms with Crippen LogP contribution in [0.4, 0.5) is 5.69 Å². The van der Waals surface area contributed by atoms with Crippen LogP contribution in [0.25, 0.3) is 0 Å². The van der Waals surface area contributed by atoms with Crippen molar-refractivity contribution in [3.63, 3.8) is 0 Å². The van der Waals surface area contributed by atoms with E-state index in [0.717, 1.165) is 9.55 Å². The second-order valence-corrected chi connectivity index (χ2v) is 5.39. The van der Waals surface area contributed by atoms with Gasteiger partial charge in [-0.1, -0.05) is 34.1 Å². The number of anilines is 1. The van der Waals surface area contributed by atoms with Crippen LogP contribution in [0.2, 0.25) is 0 Å². The standard InChI is InChI=1S/C13H9Br2NO2/c14-10-6-9(13(17)12(15)7-10)8-16(18)11-4-2-1-3-5-11/h1-8,18H/b9-8-. The van der Waals surface area contributed by atoms with E-state index in [2.05, 4.69) is 31.9 Å². The van der Waals surface area contributed by atoms with Crippen molar-refractivity contribution in [2.45, 2.75) is 0 Å². The molecule has 0 atom stereocenters. The molecule has 5 heteroatoms. The summed E-state index contributed by atoms with van der Waals surface area (Å²) in [5.41, 5.74) is 0.982. The highest BCUT2D eigenvalue weighted by Gasteiger charge is 2.17. The third kappa shape index (κ3) is 2.98. The van der Waals surface area contributed by atoms with E-state index in [1.54, 1.807) is 36.4 Å². The maximum atomic E-state index is 11.9. The third-order valence-corrected chi connectivity index (χ3v) is 3.37. The lowest BCUT2D eigenvalue weighted by atomic mass is 10.1. The predicted molar refractivity (Wildman–Crippen MR) is 77.8 cm³/mol. The van der Waals surface area contributed by atoms with Gasteiger partial charge in [0.2, 0.25) is 5.78 Å². The smallest absolute Gasteiger partial charge is 0.201 e. The number of ketones is 1. The summed E-state index contributed by atoms with van der Waals surface area (Å²) in [5.74, 6) is -0.173. The van der Waals surface area contributed by atoms with Gasteiger partial charge in [0.25, 0.3) is 0 Å². The summed E-state index contributed by atoms with van der Waals surface area (Å²) in [6.45, 7) is 0. The Morgan fingerprint density at radius 1 is 1.11 bits per heavy atom. The van der Waals surface area contributed by atoms with Gasteiger partial charge < -0.3 is 0 Å². The van der Waals surface area contributed by atoms with Crippen molar-refractivity contribution >= 4 is 43.3 Å². The van der Waals surface area contributed by atoms with Gasteiger partial charge in [-0.05, 0) is 40.2 Å². The Hall–Kier alpha value is -1.17. The quantitative estimate of drug-likeness (QED) is 0.633. The highest BCUT2D eigenvalue weighted by Crippen LogP contribution is 2.26. The summed E-state index contributed by atoms with van der Waals surface area (Å²) in [4.78, 5) is 11.9. The highest BCUT2D eigenvalue weighted by atomic mass is 79.9. The fourth-order valence-corrected chi connectivity index (χ4v) is 2.72. The molecule has 0 radical (unpaired) electrons. The van der Waals surface area contributed by atoms with E-state index in [9.17, 15) is 10.0 Å². The number of carbonyl (C=O) groups excluding carboxylic acids is 1. The molecule has 18 heavy (non-hydrogen) atoms. The minimum atomic E-state index is -0.173. The van der Waals surface area contributed by atoms with E-state index in [1.807, 2.05) is 6.07 Å². The Balaban J connectivity index is 2.29. The summed E-state index contributed by atoms with van der Waals surface area (Å²) in [6, 6.07) is 8.96. The number of allylic oxidation sites excluding steroid dienone is 5. The van der Waals surface area contributed by atoms with Gasteiger partial charge in [0.15, 0.2) is 0 Å². The second kappa shape index (κ2) is 5.65. The molecule has 0 aromatic heterocycles. The molecule has 0 heterocycles. The molecule has 1 aromatic rings. The molecule has 0 spiro atoms. The first kappa shape index (κ1) is 13.3. The molecule has 0 saturated carbocycles. The fourth-order valence-electron chi connectivity index (χ4n) is 1.46. The number of halogens is 2. The number of hydroxylamine groups is 1. The lowest BCUT2D eigenvalue weighted by Gasteiger charge is -2.14. The molecule has 3 nitrogen and oxygen atoms in total. The molecule has 92 valence electrons. The summed E-state index contributed by atoms with van der Waals surface area (Å²) < 4.78 is 1.21. The Morgan fingerprint density at radius 3 is 2.44 bits per heavy atom.